The number of nitrogens with zero attached hydrogens (tertiary/aromatic N) is 2. The number of rotatable bonds is 6. The van der Waals surface area contributed by atoms with Gasteiger partial charge in [-0.15, -0.1) is 0 Å². The van der Waals surface area contributed by atoms with Gasteiger partial charge in [0.05, 0.1) is 11.4 Å². The van der Waals surface area contributed by atoms with E-state index in [2.05, 4.69) is 15.3 Å². The van der Waals surface area contributed by atoms with Crippen LogP contribution in [0.25, 0.3) is 11.3 Å². The number of halogens is 3. The summed E-state index contributed by atoms with van der Waals surface area (Å²) in [6.07, 6.45) is -4.60. The van der Waals surface area contributed by atoms with Crippen molar-refractivity contribution in [2.45, 2.75) is 24.8 Å². The van der Waals surface area contributed by atoms with E-state index in [4.69, 9.17) is 0 Å². The monoisotopic (exact) mass is 417 g/mol. The summed E-state index contributed by atoms with van der Waals surface area (Å²) in [6, 6.07) is 17.3. The highest BCUT2D eigenvalue weighted by atomic mass is 32.2. The van der Waals surface area contributed by atoms with E-state index in [1.54, 1.807) is 24.3 Å². The van der Waals surface area contributed by atoms with Crippen molar-refractivity contribution in [1.82, 2.24) is 15.3 Å². The van der Waals surface area contributed by atoms with Gasteiger partial charge in [0.25, 0.3) is 0 Å². The van der Waals surface area contributed by atoms with Crippen LogP contribution in [0.15, 0.2) is 65.8 Å². The quantitative estimate of drug-likeness (QED) is 0.459. The summed E-state index contributed by atoms with van der Waals surface area (Å²) >= 11 is 0.872. The molecule has 0 saturated carbocycles. The molecule has 8 heteroatoms. The van der Waals surface area contributed by atoms with Crippen LogP contribution in [0.5, 0.6) is 0 Å². The van der Waals surface area contributed by atoms with Crippen molar-refractivity contribution in [3.05, 3.63) is 77.5 Å². The van der Waals surface area contributed by atoms with E-state index in [9.17, 15) is 18.0 Å². The van der Waals surface area contributed by atoms with Gasteiger partial charge in [0, 0.05) is 12.1 Å². The van der Waals surface area contributed by atoms with Gasteiger partial charge in [-0.2, -0.15) is 13.2 Å². The Bertz CT molecular complexity index is 977. The second-order valence-electron chi connectivity index (χ2n) is 6.34. The first-order chi connectivity index (χ1) is 13.8. The molecule has 1 N–H and O–H groups in total. The fourth-order valence-corrected chi connectivity index (χ4v) is 3.17. The predicted octanol–water partition coefficient (Wildman–Crippen LogP) is 4.88. The summed E-state index contributed by atoms with van der Waals surface area (Å²) in [6.45, 7) is 2.23. The van der Waals surface area contributed by atoms with E-state index < -0.39 is 11.9 Å². The topological polar surface area (TPSA) is 54.9 Å². The average Bonchev–Trinajstić information content (AvgIpc) is 2.71. The van der Waals surface area contributed by atoms with Crippen molar-refractivity contribution in [3.63, 3.8) is 0 Å². The van der Waals surface area contributed by atoms with Crippen LogP contribution >= 0.6 is 11.8 Å². The molecule has 0 aliphatic heterocycles. The summed E-state index contributed by atoms with van der Waals surface area (Å²) in [4.78, 5) is 19.8. The van der Waals surface area contributed by atoms with Gasteiger partial charge >= 0.3 is 6.18 Å². The third-order valence-electron chi connectivity index (χ3n) is 4.01. The summed E-state index contributed by atoms with van der Waals surface area (Å²) in [7, 11) is 0. The van der Waals surface area contributed by atoms with E-state index in [0.717, 1.165) is 29.0 Å². The van der Waals surface area contributed by atoms with Crippen molar-refractivity contribution in [1.29, 1.82) is 0 Å². The molecule has 29 heavy (non-hydrogen) atoms. The average molecular weight is 417 g/mol. The van der Waals surface area contributed by atoms with Crippen molar-refractivity contribution in [2.75, 3.05) is 5.75 Å². The Kier molecular flexibility index (Phi) is 6.53. The molecule has 0 radical (unpaired) electrons. The Morgan fingerprint density at radius 3 is 2.38 bits per heavy atom. The molecule has 4 nitrogen and oxygen atoms in total. The number of carbonyl (C=O) groups is 1. The van der Waals surface area contributed by atoms with E-state index in [1.807, 2.05) is 37.3 Å². The molecule has 0 saturated heterocycles. The molecule has 0 aliphatic carbocycles. The molecule has 0 spiro atoms. The molecule has 3 aromatic rings. The minimum absolute atomic E-state index is 0.0819. The van der Waals surface area contributed by atoms with Crippen LogP contribution in [0.4, 0.5) is 13.2 Å². The first kappa shape index (κ1) is 20.9. The number of thioether (sulfide) groups is 1. The standard InChI is InChI=1S/C21H18F3N3OS/c1-14-7-9-16(10-8-14)17-11-18(21(22,23)24)27-20(26-17)29-13-19(28)25-12-15-5-3-2-4-6-15/h2-11H,12-13H2,1H3,(H,25,28). The fraction of sp³-hybridized carbons (Fsp3) is 0.190. The molecule has 1 aromatic heterocycles. The lowest BCUT2D eigenvalue weighted by atomic mass is 10.1. The number of aryl methyl sites for hydroxylation is 1. The van der Waals surface area contributed by atoms with Gasteiger partial charge in [0.2, 0.25) is 5.91 Å². The summed E-state index contributed by atoms with van der Waals surface area (Å²) in [5.41, 5.74) is 1.61. The predicted molar refractivity (Wildman–Crippen MR) is 106 cm³/mol. The first-order valence-electron chi connectivity index (χ1n) is 8.78. The lowest BCUT2D eigenvalue weighted by Gasteiger charge is -2.11. The summed E-state index contributed by atoms with van der Waals surface area (Å²) < 4.78 is 39.8. The van der Waals surface area contributed by atoms with Gasteiger partial charge < -0.3 is 5.32 Å². The third-order valence-corrected chi connectivity index (χ3v) is 4.86. The van der Waals surface area contributed by atoms with Gasteiger partial charge in [-0.05, 0) is 18.6 Å². The summed E-state index contributed by atoms with van der Waals surface area (Å²) in [5.74, 6) is -0.390. The number of carbonyl (C=O) groups excluding carboxylic acids is 1. The van der Waals surface area contributed by atoms with Crippen LogP contribution in [0.3, 0.4) is 0 Å². The second-order valence-corrected chi connectivity index (χ2v) is 7.28. The molecule has 0 fully saturated rings. The normalized spacial score (nSPS) is 11.3. The van der Waals surface area contributed by atoms with Gasteiger partial charge in [-0.25, -0.2) is 9.97 Å². The molecule has 0 aliphatic rings. The Morgan fingerprint density at radius 1 is 1.03 bits per heavy atom. The van der Waals surface area contributed by atoms with E-state index in [-0.39, 0.29) is 22.5 Å². The molecule has 0 bridgehead atoms. The van der Waals surface area contributed by atoms with Gasteiger partial charge in [-0.1, -0.05) is 71.9 Å². The minimum atomic E-state index is -4.60. The Labute approximate surface area is 170 Å². The maximum Gasteiger partial charge on any atom is 0.433 e. The second kappa shape index (κ2) is 9.09. The molecule has 1 amide bonds. The van der Waals surface area contributed by atoms with Gasteiger partial charge in [0.15, 0.2) is 5.16 Å². The Balaban J connectivity index is 1.73. The van der Waals surface area contributed by atoms with E-state index in [1.165, 1.54) is 0 Å². The van der Waals surface area contributed by atoms with Crippen LogP contribution in [-0.4, -0.2) is 21.6 Å². The van der Waals surface area contributed by atoms with Crippen LogP contribution in [-0.2, 0) is 17.5 Å². The SMILES string of the molecule is Cc1ccc(-c2cc(C(F)(F)F)nc(SCC(=O)NCc3ccccc3)n2)cc1. The van der Waals surface area contributed by atoms with Gasteiger partial charge in [-0.3, -0.25) is 4.79 Å². The largest absolute Gasteiger partial charge is 0.433 e. The van der Waals surface area contributed by atoms with Crippen LogP contribution < -0.4 is 5.32 Å². The number of amides is 1. The Hall–Kier alpha value is -2.87. The molecule has 1 heterocycles. The zero-order valence-electron chi connectivity index (χ0n) is 15.5. The number of alkyl halides is 3. The summed E-state index contributed by atoms with van der Waals surface area (Å²) in [5, 5.41) is 2.64. The highest BCUT2D eigenvalue weighted by molar-refractivity contribution is 7.99. The van der Waals surface area contributed by atoms with E-state index in [0.29, 0.717) is 12.1 Å². The highest BCUT2D eigenvalue weighted by Crippen LogP contribution is 2.32. The lowest BCUT2D eigenvalue weighted by Crippen LogP contribution is -2.24. The molecule has 2 aromatic carbocycles. The highest BCUT2D eigenvalue weighted by Gasteiger charge is 2.34. The van der Waals surface area contributed by atoms with Crippen molar-refractivity contribution >= 4 is 17.7 Å². The molecule has 3 rings (SSSR count). The van der Waals surface area contributed by atoms with Crippen LogP contribution in [0.2, 0.25) is 0 Å². The fourth-order valence-electron chi connectivity index (χ4n) is 2.48. The maximum atomic E-state index is 13.3. The van der Waals surface area contributed by atoms with Crippen molar-refractivity contribution in [2.24, 2.45) is 0 Å². The van der Waals surface area contributed by atoms with E-state index >= 15 is 0 Å². The molecular formula is C21H18F3N3OS. The zero-order valence-corrected chi connectivity index (χ0v) is 16.3. The van der Waals surface area contributed by atoms with Crippen molar-refractivity contribution < 1.29 is 18.0 Å². The molecule has 150 valence electrons. The number of hydrogen-bond donors (Lipinski definition) is 1. The van der Waals surface area contributed by atoms with Crippen LogP contribution in [0, 0.1) is 6.92 Å². The third kappa shape index (κ3) is 6.05. The number of aromatic nitrogens is 2. The van der Waals surface area contributed by atoms with Crippen molar-refractivity contribution in [3.8, 4) is 11.3 Å². The molecular weight excluding hydrogens is 399 g/mol. The maximum absolute atomic E-state index is 13.3. The molecule has 0 unspecified atom stereocenters. The zero-order chi connectivity index (χ0) is 20.9. The molecule has 0 atom stereocenters. The lowest BCUT2D eigenvalue weighted by molar-refractivity contribution is -0.141. The number of benzene rings is 2. The smallest absolute Gasteiger partial charge is 0.351 e. The first-order valence-corrected chi connectivity index (χ1v) is 9.76. The Morgan fingerprint density at radius 2 is 1.72 bits per heavy atom. The van der Waals surface area contributed by atoms with Gasteiger partial charge in [0.1, 0.15) is 5.69 Å². The van der Waals surface area contributed by atoms with Crippen LogP contribution in [0.1, 0.15) is 16.8 Å². The number of hydrogen-bond acceptors (Lipinski definition) is 4. The minimum Gasteiger partial charge on any atom is -0.351 e. The number of nitrogens with one attached hydrogen (secondary N) is 1.